The van der Waals surface area contributed by atoms with E-state index in [1.54, 1.807) is 55.5 Å². The molecule has 0 radical (unpaired) electrons. The van der Waals surface area contributed by atoms with Crippen molar-refractivity contribution < 1.29 is 23.8 Å². The number of nitrogens with one attached hydrogen (secondary N) is 1. The van der Waals surface area contributed by atoms with Crippen molar-refractivity contribution in [2.75, 3.05) is 25.1 Å². The van der Waals surface area contributed by atoms with E-state index in [-0.39, 0.29) is 28.8 Å². The first-order valence-corrected chi connectivity index (χ1v) is 10.5. The van der Waals surface area contributed by atoms with Gasteiger partial charge in [-0.2, -0.15) is 9.78 Å². The molecule has 0 unspecified atom stereocenters. The van der Waals surface area contributed by atoms with Gasteiger partial charge in [0.05, 0.1) is 35.7 Å². The Hall–Kier alpha value is -3.85. The molecular weight excluding hydrogens is 450 g/mol. The summed E-state index contributed by atoms with van der Waals surface area (Å²) in [5.41, 5.74) is -0.121. The van der Waals surface area contributed by atoms with Crippen LogP contribution in [0.5, 0.6) is 11.5 Å². The highest BCUT2D eigenvalue weighted by Gasteiger charge is 2.21. The van der Waals surface area contributed by atoms with Crippen LogP contribution in [0.3, 0.4) is 0 Å². The first-order valence-electron chi connectivity index (χ1n) is 10.2. The molecule has 0 spiro atoms. The predicted octanol–water partition coefficient (Wildman–Crippen LogP) is 3.48. The van der Waals surface area contributed by atoms with E-state index in [2.05, 4.69) is 10.4 Å². The van der Waals surface area contributed by atoms with E-state index in [0.29, 0.717) is 18.0 Å². The maximum absolute atomic E-state index is 12.7. The Labute approximate surface area is 194 Å². The van der Waals surface area contributed by atoms with Gasteiger partial charge in [-0.05, 0) is 38.1 Å². The number of amides is 1. The molecule has 3 rings (SSSR count). The Morgan fingerprint density at radius 2 is 1.73 bits per heavy atom. The number of esters is 1. The van der Waals surface area contributed by atoms with E-state index in [0.717, 1.165) is 10.7 Å². The Balaban J connectivity index is 1.86. The summed E-state index contributed by atoms with van der Waals surface area (Å²) in [6, 6.07) is 14.5. The van der Waals surface area contributed by atoms with Crippen molar-refractivity contribution in [3.8, 4) is 17.2 Å². The fourth-order valence-electron chi connectivity index (χ4n) is 2.87. The van der Waals surface area contributed by atoms with Gasteiger partial charge in [-0.3, -0.25) is 9.59 Å². The average molecular weight is 472 g/mol. The molecule has 10 heteroatoms. The molecule has 1 heterocycles. The van der Waals surface area contributed by atoms with Crippen LogP contribution >= 0.6 is 11.6 Å². The van der Waals surface area contributed by atoms with E-state index in [1.807, 2.05) is 6.92 Å². The van der Waals surface area contributed by atoms with Gasteiger partial charge in [-0.15, -0.1) is 0 Å². The van der Waals surface area contributed by atoms with E-state index in [4.69, 9.17) is 25.8 Å². The zero-order chi connectivity index (χ0) is 23.8. The first-order chi connectivity index (χ1) is 15.9. The maximum Gasteiger partial charge on any atom is 0.362 e. The Kier molecular flexibility index (Phi) is 8.04. The number of ether oxygens (including phenoxy) is 3. The second-order valence-corrected chi connectivity index (χ2v) is 6.95. The third kappa shape index (κ3) is 5.89. The van der Waals surface area contributed by atoms with Crippen molar-refractivity contribution in [3.05, 3.63) is 75.7 Å². The molecule has 0 fully saturated rings. The van der Waals surface area contributed by atoms with Gasteiger partial charge in [0.15, 0.2) is 12.4 Å². The van der Waals surface area contributed by atoms with Gasteiger partial charge in [-0.1, -0.05) is 35.9 Å². The smallest absolute Gasteiger partial charge is 0.362 e. The molecule has 2 aromatic carbocycles. The highest BCUT2D eigenvalue weighted by Crippen LogP contribution is 2.24. The molecule has 1 N–H and O–H groups in total. The normalized spacial score (nSPS) is 10.4. The van der Waals surface area contributed by atoms with Crippen LogP contribution in [0.1, 0.15) is 24.3 Å². The van der Waals surface area contributed by atoms with Crippen LogP contribution in [0.15, 0.2) is 59.4 Å². The van der Waals surface area contributed by atoms with Crippen molar-refractivity contribution in [2.24, 2.45) is 0 Å². The highest BCUT2D eigenvalue weighted by atomic mass is 35.5. The monoisotopic (exact) mass is 471 g/mol. The Morgan fingerprint density at radius 1 is 1.00 bits per heavy atom. The lowest BCUT2D eigenvalue weighted by Crippen LogP contribution is -2.27. The van der Waals surface area contributed by atoms with Crippen LogP contribution in [0.2, 0.25) is 5.02 Å². The molecule has 0 aliphatic rings. The summed E-state index contributed by atoms with van der Waals surface area (Å²) >= 11 is 6.17. The van der Waals surface area contributed by atoms with Crippen molar-refractivity contribution >= 4 is 29.2 Å². The Bertz CT molecular complexity index is 1210. The molecule has 9 nitrogen and oxygen atoms in total. The fourth-order valence-corrected chi connectivity index (χ4v) is 3.08. The summed E-state index contributed by atoms with van der Waals surface area (Å²) in [7, 11) is 0. The third-order valence-electron chi connectivity index (χ3n) is 4.27. The molecule has 1 amide bonds. The fraction of sp³-hybridized carbons (Fsp3) is 0.217. The van der Waals surface area contributed by atoms with Crippen LogP contribution in [0.25, 0.3) is 5.69 Å². The largest absolute Gasteiger partial charge is 0.492 e. The number of anilines is 1. The summed E-state index contributed by atoms with van der Waals surface area (Å²) < 4.78 is 17.0. The predicted molar refractivity (Wildman–Crippen MR) is 123 cm³/mol. The topological polar surface area (TPSA) is 109 Å². The molecule has 0 bridgehead atoms. The van der Waals surface area contributed by atoms with Crippen LogP contribution in [-0.2, 0) is 9.53 Å². The average Bonchev–Trinajstić information content (AvgIpc) is 2.80. The number of hydrogen-bond acceptors (Lipinski definition) is 7. The minimum absolute atomic E-state index is 0.0832. The number of halogens is 1. The van der Waals surface area contributed by atoms with Crippen LogP contribution in [-0.4, -0.2) is 41.5 Å². The van der Waals surface area contributed by atoms with Crippen molar-refractivity contribution in [1.82, 2.24) is 9.78 Å². The number of para-hydroxylation sites is 3. The van der Waals surface area contributed by atoms with Crippen molar-refractivity contribution in [1.29, 1.82) is 0 Å². The number of rotatable bonds is 9. The lowest BCUT2D eigenvalue weighted by atomic mass is 10.3. The SMILES string of the molecule is CCOC(=O)c1nn(-c2ccccc2Cl)c(=O)cc1OCC(=O)Nc1ccccc1OCC. The van der Waals surface area contributed by atoms with E-state index in [9.17, 15) is 14.4 Å². The molecule has 0 aliphatic heterocycles. The van der Waals surface area contributed by atoms with Crippen LogP contribution < -0.4 is 20.3 Å². The van der Waals surface area contributed by atoms with Gasteiger partial charge >= 0.3 is 5.97 Å². The molecule has 0 saturated heterocycles. The van der Waals surface area contributed by atoms with E-state index < -0.39 is 24.0 Å². The molecule has 0 atom stereocenters. The zero-order valence-electron chi connectivity index (χ0n) is 18.0. The highest BCUT2D eigenvalue weighted by molar-refractivity contribution is 6.32. The number of carbonyl (C=O) groups excluding carboxylic acids is 2. The second kappa shape index (κ2) is 11.1. The summed E-state index contributed by atoms with van der Waals surface area (Å²) in [6.07, 6.45) is 0. The minimum atomic E-state index is -0.810. The molecule has 1 aromatic heterocycles. The zero-order valence-corrected chi connectivity index (χ0v) is 18.8. The van der Waals surface area contributed by atoms with Gasteiger partial charge in [-0.25, -0.2) is 4.79 Å². The number of nitrogens with zero attached hydrogens (tertiary/aromatic N) is 2. The summed E-state index contributed by atoms with van der Waals surface area (Å²) in [6.45, 7) is 3.49. The first kappa shape index (κ1) is 23.8. The molecule has 0 saturated carbocycles. The summed E-state index contributed by atoms with van der Waals surface area (Å²) in [5, 5.41) is 7.03. The molecular formula is C23H22ClN3O6. The quantitative estimate of drug-likeness (QED) is 0.476. The van der Waals surface area contributed by atoms with Crippen molar-refractivity contribution in [3.63, 3.8) is 0 Å². The van der Waals surface area contributed by atoms with Crippen LogP contribution in [0.4, 0.5) is 5.69 Å². The molecule has 172 valence electrons. The number of aromatic nitrogens is 2. The van der Waals surface area contributed by atoms with Gasteiger partial charge in [0, 0.05) is 0 Å². The molecule has 0 aliphatic carbocycles. The summed E-state index contributed by atoms with van der Waals surface area (Å²) in [4.78, 5) is 37.6. The molecule has 3 aromatic rings. The lowest BCUT2D eigenvalue weighted by molar-refractivity contribution is -0.118. The van der Waals surface area contributed by atoms with Crippen molar-refractivity contribution in [2.45, 2.75) is 13.8 Å². The lowest BCUT2D eigenvalue weighted by Gasteiger charge is -2.14. The second-order valence-electron chi connectivity index (χ2n) is 6.55. The number of carbonyl (C=O) groups is 2. The third-order valence-corrected chi connectivity index (χ3v) is 4.59. The standard InChI is InChI=1S/C23H22ClN3O6/c1-3-31-18-12-8-6-10-16(18)25-20(28)14-33-19-13-21(29)27(17-11-7-5-9-15(17)24)26-22(19)23(30)32-4-2/h5-13H,3-4,14H2,1-2H3,(H,25,28). The van der Waals surface area contributed by atoms with Gasteiger partial charge in [0.2, 0.25) is 5.69 Å². The maximum atomic E-state index is 12.7. The van der Waals surface area contributed by atoms with Gasteiger partial charge in [0.25, 0.3) is 11.5 Å². The van der Waals surface area contributed by atoms with Gasteiger partial charge < -0.3 is 19.5 Å². The Morgan fingerprint density at radius 3 is 2.45 bits per heavy atom. The number of benzene rings is 2. The molecule has 33 heavy (non-hydrogen) atoms. The van der Waals surface area contributed by atoms with E-state index >= 15 is 0 Å². The van der Waals surface area contributed by atoms with E-state index in [1.165, 1.54) is 0 Å². The van der Waals surface area contributed by atoms with Crippen LogP contribution in [0, 0.1) is 0 Å². The van der Waals surface area contributed by atoms with Gasteiger partial charge in [0.1, 0.15) is 5.75 Å². The minimum Gasteiger partial charge on any atom is -0.492 e. The number of hydrogen-bond donors (Lipinski definition) is 1. The summed E-state index contributed by atoms with van der Waals surface area (Å²) in [5.74, 6) is -1.01.